The number of hydrogen-bond donors (Lipinski definition) is 1. The van der Waals surface area contributed by atoms with E-state index in [1.54, 1.807) is 18.2 Å². The summed E-state index contributed by atoms with van der Waals surface area (Å²) in [6, 6.07) is 8.17. The molecule has 0 aliphatic rings. The van der Waals surface area contributed by atoms with E-state index >= 15 is 0 Å². The maximum absolute atomic E-state index is 11.9. The number of benzene rings is 1. The molecule has 1 rings (SSSR count). The zero-order valence-electron chi connectivity index (χ0n) is 16.0. The van der Waals surface area contributed by atoms with Crippen molar-refractivity contribution >= 4 is 16.2 Å². The van der Waals surface area contributed by atoms with Gasteiger partial charge in [0.25, 0.3) is 10.1 Å². The number of carbonyl (C=O) groups excluding carboxylic acids is 1. The van der Waals surface area contributed by atoms with Gasteiger partial charge in [0.05, 0.1) is 11.5 Å². The Bertz CT molecular complexity index is 623. The number of unbranched alkanes of at least 4 members (excludes halogenated alkanes) is 5. The molecule has 0 aliphatic carbocycles. The number of rotatable bonds is 11. The lowest BCUT2D eigenvalue weighted by atomic mass is 10.1. The molecule has 6 nitrogen and oxygen atoms in total. The Hall–Kier alpha value is -1.60. The highest BCUT2D eigenvalue weighted by Gasteiger charge is 2.15. The predicted octanol–water partition coefficient (Wildman–Crippen LogP) is 4.26. The highest BCUT2D eigenvalue weighted by molar-refractivity contribution is 7.86. The van der Waals surface area contributed by atoms with Crippen LogP contribution in [0.2, 0.25) is 0 Å². The maximum atomic E-state index is 11.9. The second-order valence-corrected chi connectivity index (χ2v) is 8.75. The molecule has 0 aromatic heterocycles. The normalized spacial score (nSPS) is 12.0. The van der Waals surface area contributed by atoms with Crippen LogP contribution in [0, 0.1) is 0 Å². The van der Waals surface area contributed by atoms with Crippen LogP contribution in [0.15, 0.2) is 35.2 Å². The summed E-state index contributed by atoms with van der Waals surface area (Å²) in [7, 11) is -3.64. The molecule has 0 atom stereocenters. The summed E-state index contributed by atoms with van der Waals surface area (Å²) >= 11 is 0. The molecule has 0 radical (unpaired) electrons. The summed E-state index contributed by atoms with van der Waals surface area (Å²) in [5, 5.41) is 2.73. The van der Waals surface area contributed by atoms with Gasteiger partial charge >= 0.3 is 6.09 Å². The lowest BCUT2D eigenvalue weighted by Crippen LogP contribution is -2.32. The summed E-state index contributed by atoms with van der Waals surface area (Å²) in [6.45, 7) is 6.31. The van der Waals surface area contributed by atoms with Gasteiger partial charge in [-0.05, 0) is 45.7 Å². The Labute approximate surface area is 157 Å². The third-order valence-corrected chi connectivity index (χ3v) is 4.84. The standard InChI is InChI=1S/C19H31NO5S/c1-19(2,3)25-18(21)20-15-11-6-4-5-7-12-16-24-26(22,23)17-13-9-8-10-14-17/h8-10,13-14H,4-7,11-12,15-16H2,1-3H3,(H,20,21). The van der Waals surface area contributed by atoms with Gasteiger partial charge in [0.15, 0.2) is 0 Å². The molecule has 1 aromatic rings. The van der Waals surface area contributed by atoms with Crippen LogP contribution in [0.5, 0.6) is 0 Å². The van der Waals surface area contributed by atoms with E-state index in [-0.39, 0.29) is 17.6 Å². The summed E-state index contributed by atoms with van der Waals surface area (Å²) in [4.78, 5) is 11.6. The molecule has 0 saturated heterocycles. The van der Waals surface area contributed by atoms with E-state index < -0.39 is 15.7 Å². The zero-order chi connectivity index (χ0) is 19.5. The van der Waals surface area contributed by atoms with Crippen molar-refractivity contribution in [3.05, 3.63) is 30.3 Å². The third kappa shape index (κ3) is 10.4. The van der Waals surface area contributed by atoms with Crippen LogP contribution in [0.3, 0.4) is 0 Å². The van der Waals surface area contributed by atoms with Crippen molar-refractivity contribution in [2.75, 3.05) is 13.2 Å². The molecule has 0 unspecified atom stereocenters. The lowest BCUT2D eigenvalue weighted by molar-refractivity contribution is 0.0527. The fourth-order valence-corrected chi connectivity index (χ4v) is 3.23. The van der Waals surface area contributed by atoms with Crippen LogP contribution >= 0.6 is 0 Å². The number of alkyl carbamates (subject to hydrolysis) is 1. The predicted molar refractivity (Wildman–Crippen MR) is 102 cm³/mol. The molecule has 26 heavy (non-hydrogen) atoms. The second-order valence-electron chi connectivity index (χ2n) is 7.14. The van der Waals surface area contributed by atoms with Crippen molar-refractivity contribution in [3.8, 4) is 0 Å². The van der Waals surface area contributed by atoms with E-state index in [1.165, 1.54) is 12.1 Å². The molecule has 0 fully saturated rings. The highest BCUT2D eigenvalue weighted by Crippen LogP contribution is 2.13. The minimum absolute atomic E-state index is 0.192. The third-order valence-electron chi connectivity index (χ3n) is 3.51. The van der Waals surface area contributed by atoms with Gasteiger partial charge in [0.1, 0.15) is 5.60 Å². The Morgan fingerprint density at radius 1 is 0.962 bits per heavy atom. The van der Waals surface area contributed by atoms with Gasteiger partial charge in [0, 0.05) is 6.54 Å². The first-order valence-electron chi connectivity index (χ1n) is 9.12. The Balaban J connectivity index is 1.99. The average Bonchev–Trinajstić information content (AvgIpc) is 2.55. The van der Waals surface area contributed by atoms with Crippen LogP contribution in [-0.4, -0.2) is 33.3 Å². The fourth-order valence-electron chi connectivity index (χ4n) is 2.26. The molecule has 0 saturated carbocycles. The summed E-state index contributed by atoms with van der Waals surface area (Å²) < 4.78 is 34.0. The molecular weight excluding hydrogens is 354 g/mol. The van der Waals surface area contributed by atoms with E-state index in [0.29, 0.717) is 13.0 Å². The Morgan fingerprint density at radius 2 is 1.54 bits per heavy atom. The van der Waals surface area contributed by atoms with Gasteiger partial charge in [0.2, 0.25) is 0 Å². The number of ether oxygens (including phenoxy) is 1. The Morgan fingerprint density at radius 3 is 2.15 bits per heavy atom. The first-order chi connectivity index (χ1) is 12.2. The van der Waals surface area contributed by atoms with Crippen LogP contribution in [0.25, 0.3) is 0 Å². The highest BCUT2D eigenvalue weighted by atomic mass is 32.2. The molecule has 1 aromatic carbocycles. The van der Waals surface area contributed by atoms with Crippen molar-refractivity contribution in [3.63, 3.8) is 0 Å². The van der Waals surface area contributed by atoms with Crippen LogP contribution in [0.4, 0.5) is 4.79 Å². The summed E-state index contributed by atoms with van der Waals surface area (Å²) in [5.41, 5.74) is -0.472. The van der Waals surface area contributed by atoms with Gasteiger partial charge in [-0.1, -0.05) is 43.9 Å². The molecule has 0 heterocycles. The first kappa shape index (κ1) is 22.4. The lowest BCUT2D eigenvalue weighted by Gasteiger charge is -2.19. The van der Waals surface area contributed by atoms with E-state index in [9.17, 15) is 13.2 Å². The molecule has 148 valence electrons. The monoisotopic (exact) mass is 385 g/mol. The van der Waals surface area contributed by atoms with Gasteiger partial charge < -0.3 is 10.1 Å². The first-order valence-corrected chi connectivity index (χ1v) is 10.5. The molecule has 0 aliphatic heterocycles. The van der Waals surface area contributed by atoms with Crippen molar-refractivity contribution in [1.82, 2.24) is 5.32 Å². The fraction of sp³-hybridized carbons (Fsp3) is 0.632. The van der Waals surface area contributed by atoms with Crippen molar-refractivity contribution in [2.24, 2.45) is 0 Å². The second kappa shape index (κ2) is 11.2. The molecular formula is C19H31NO5S. The SMILES string of the molecule is CC(C)(C)OC(=O)NCCCCCCCCOS(=O)(=O)c1ccccc1. The van der Waals surface area contributed by atoms with Gasteiger partial charge in [-0.15, -0.1) is 0 Å². The number of carbonyl (C=O) groups is 1. The zero-order valence-corrected chi connectivity index (χ0v) is 16.8. The summed E-state index contributed by atoms with van der Waals surface area (Å²) in [5.74, 6) is 0. The van der Waals surface area contributed by atoms with Crippen LogP contribution < -0.4 is 5.32 Å². The maximum Gasteiger partial charge on any atom is 0.407 e. The smallest absolute Gasteiger partial charge is 0.407 e. The molecule has 7 heteroatoms. The van der Waals surface area contributed by atoms with E-state index in [0.717, 1.165) is 32.1 Å². The van der Waals surface area contributed by atoms with Crippen LogP contribution in [-0.2, 0) is 19.0 Å². The van der Waals surface area contributed by atoms with E-state index in [2.05, 4.69) is 5.32 Å². The quantitative estimate of drug-likeness (QED) is 0.455. The van der Waals surface area contributed by atoms with Gasteiger partial charge in [-0.2, -0.15) is 8.42 Å². The van der Waals surface area contributed by atoms with E-state index in [1.807, 2.05) is 20.8 Å². The average molecular weight is 386 g/mol. The van der Waals surface area contributed by atoms with Gasteiger partial charge in [-0.3, -0.25) is 4.18 Å². The van der Waals surface area contributed by atoms with Crippen molar-refractivity contribution in [1.29, 1.82) is 0 Å². The number of amides is 1. The number of nitrogens with one attached hydrogen (secondary N) is 1. The van der Waals surface area contributed by atoms with Gasteiger partial charge in [-0.25, -0.2) is 4.79 Å². The molecule has 0 spiro atoms. The molecule has 1 amide bonds. The summed E-state index contributed by atoms with van der Waals surface area (Å²) in [6.07, 6.45) is 5.22. The Kier molecular flexibility index (Phi) is 9.65. The van der Waals surface area contributed by atoms with Crippen molar-refractivity contribution < 1.29 is 22.1 Å². The largest absolute Gasteiger partial charge is 0.444 e. The van der Waals surface area contributed by atoms with E-state index in [4.69, 9.17) is 8.92 Å². The van der Waals surface area contributed by atoms with Crippen molar-refractivity contribution in [2.45, 2.75) is 69.8 Å². The van der Waals surface area contributed by atoms with Crippen LogP contribution in [0.1, 0.15) is 59.3 Å². The molecule has 1 N–H and O–H groups in total. The number of hydrogen-bond acceptors (Lipinski definition) is 5. The molecule has 0 bridgehead atoms. The topological polar surface area (TPSA) is 81.7 Å². The minimum atomic E-state index is -3.64. The minimum Gasteiger partial charge on any atom is -0.444 e.